The molecule has 6 rings (SSSR count). The van der Waals surface area contributed by atoms with Crippen LogP contribution in [0, 0.1) is 0 Å². The number of hydrazone groups is 1. The Bertz CT molecular complexity index is 1310. The van der Waals surface area contributed by atoms with Crippen LogP contribution < -0.4 is 14.8 Å². The van der Waals surface area contributed by atoms with Crippen LogP contribution in [0.15, 0.2) is 70.2 Å². The molecule has 3 aromatic rings. The number of fused-ring (bicyclic) bond motifs is 6. The fourth-order valence-corrected chi connectivity index (χ4v) is 5.17. The fraction of sp³-hybridized carbons (Fsp3) is 0.167. The van der Waals surface area contributed by atoms with Crippen molar-refractivity contribution in [3.63, 3.8) is 0 Å². The van der Waals surface area contributed by atoms with Gasteiger partial charge in [0.05, 0.1) is 30.1 Å². The SMILES string of the molecule is COc1cccc2c1O[C@@]1(C(=O)Nc3ccc(Br)cc31)N1N=C(c3ccc(Cl)cc3)C[C@H]21. The number of carbonyl (C=O) groups is 1. The van der Waals surface area contributed by atoms with E-state index in [9.17, 15) is 4.79 Å². The largest absolute Gasteiger partial charge is 0.493 e. The van der Waals surface area contributed by atoms with Crippen LogP contribution in [0.1, 0.15) is 29.2 Å². The van der Waals surface area contributed by atoms with E-state index in [-0.39, 0.29) is 11.9 Å². The maximum Gasteiger partial charge on any atom is 0.306 e. The summed E-state index contributed by atoms with van der Waals surface area (Å²) >= 11 is 9.62. The van der Waals surface area contributed by atoms with E-state index >= 15 is 0 Å². The van der Waals surface area contributed by atoms with Gasteiger partial charge in [-0.2, -0.15) is 5.10 Å². The van der Waals surface area contributed by atoms with Crippen molar-refractivity contribution in [2.24, 2.45) is 5.10 Å². The smallest absolute Gasteiger partial charge is 0.306 e. The lowest BCUT2D eigenvalue weighted by Crippen LogP contribution is -2.55. The number of hydrogen-bond donors (Lipinski definition) is 1. The Morgan fingerprint density at radius 3 is 2.81 bits per heavy atom. The molecule has 3 aliphatic rings. The van der Waals surface area contributed by atoms with Gasteiger partial charge >= 0.3 is 5.72 Å². The van der Waals surface area contributed by atoms with E-state index in [1.807, 2.05) is 60.7 Å². The summed E-state index contributed by atoms with van der Waals surface area (Å²) in [6, 6.07) is 18.8. The molecule has 1 N–H and O–H groups in total. The molecule has 0 aromatic heterocycles. The molecule has 0 saturated heterocycles. The van der Waals surface area contributed by atoms with Gasteiger partial charge in [-0.15, -0.1) is 0 Å². The number of methoxy groups -OCH3 is 1. The average Bonchev–Trinajstić information content (AvgIpc) is 3.35. The van der Waals surface area contributed by atoms with Crippen LogP contribution in [-0.2, 0) is 10.5 Å². The van der Waals surface area contributed by atoms with Gasteiger partial charge in [-0.3, -0.25) is 4.79 Å². The van der Waals surface area contributed by atoms with Crippen LogP contribution in [-0.4, -0.2) is 23.7 Å². The van der Waals surface area contributed by atoms with Gasteiger partial charge in [0.2, 0.25) is 0 Å². The number of carbonyl (C=O) groups excluding carboxylic acids is 1. The van der Waals surface area contributed by atoms with E-state index in [1.54, 1.807) is 12.1 Å². The van der Waals surface area contributed by atoms with Crippen molar-refractivity contribution in [3.05, 3.63) is 86.8 Å². The van der Waals surface area contributed by atoms with Crippen LogP contribution in [0.25, 0.3) is 0 Å². The maximum atomic E-state index is 13.5. The van der Waals surface area contributed by atoms with Gasteiger partial charge in [-0.1, -0.05) is 51.8 Å². The normalized spacial score (nSPS) is 22.6. The number of rotatable bonds is 2. The Kier molecular flexibility index (Phi) is 4.29. The molecular formula is C24H17BrClN3O3. The molecule has 3 heterocycles. The summed E-state index contributed by atoms with van der Waals surface area (Å²) in [6.45, 7) is 0. The summed E-state index contributed by atoms with van der Waals surface area (Å²) in [5.74, 6) is 0.859. The summed E-state index contributed by atoms with van der Waals surface area (Å²) < 4.78 is 13.0. The van der Waals surface area contributed by atoms with Crippen molar-refractivity contribution < 1.29 is 14.3 Å². The van der Waals surface area contributed by atoms with E-state index in [0.717, 1.165) is 21.3 Å². The first-order valence-electron chi connectivity index (χ1n) is 10.1. The number of hydrogen-bond acceptors (Lipinski definition) is 5. The second-order valence-corrected chi connectivity index (χ2v) is 9.24. The molecule has 160 valence electrons. The molecule has 3 aliphatic heterocycles. The highest BCUT2D eigenvalue weighted by molar-refractivity contribution is 9.10. The van der Waals surface area contributed by atoms with E-state index < -0.39 is 5.72 Å². The highest BCUT2D eigenvalue weighted by Crippen LogP contribution is 2.56. The lowest BCUT2D eigenvalue weighted by Gasteiger charge is -2.44. The maximum absolute atomic E-state index is 13.5. The quantitative estimate of drug-likeness (QED) is 0.497. The molecule has 3 aromatic carbocycles. The van der Waals surface area contributed by atoms with Crippen LogP contribution in [0.3, 0.4) is 0 Å². The molecule has 1 amide bonds. The molecule has 8 heteroatoms. The topological polar surface area (TPSA) is 63.2 Å². The van der Waals surface area contributed by atoms with Crippen LogP contribution in [0.4, 0.5) is 5.69 Å². The van der Waals surface area contributed by atoms with E-state index in [4.69, 9.17) is 26.2 Å². The molecule has 0 radical (unpaired) electrons. The lowest BCUT2D eigenvalue weighted by molar-refractivity contribution is -0.161. The number of ether oxygens (including phenoxy) is 2. The Morgan fingerprint density at radius 1 is 1.22 bits per heavy atom. The monoisotopic (exact) mass is 509 g/mol. The highest BCUT2D eigenvalue weighted by atomic mass is 79.9. The predicted octanol–water partition coefficient (Wildman–Crippen LogP) is 5.46. The molecule has 0 bridgehead atoms. The van der Waals surface area contributed by atoms with E-state index in [1.165, 1.54) is 0 Å². The molecule has 0 unspecified atom stereocenters. The number of para-hydroxylation sites is 1. The number of benzene rings is 3. The molecule has 0 fully saturated rings. The average molecular weight is 511 g/mol. The molecule has 1 spiro atoms. The zero-order valence-corrected chi connectivity index (χ0v) is 19.3. The molecule has 2 atom stereocenters. The minimum atomic E-state index is -1.44. The second kappa shape index (κ2) is 6.98. The third kappa shape index (κ3) is 2.64. The number of nitrogens with zero attached hydrogens (tertiary/aromatic N) is 2. The van der Waals surface area contributed by atoms with Crippen molar-refractivity contribution in [1.82, 2.24) is 5.01 Å². The third-order valence-corrected chi connectivity index (χ3v) is 6.90. The van der Waals surface area contributed by atoms with Crippen molar-refractivity contribution in [3.8, 4) is 11.5 Å². The summed E-state index contributed by atoms with van der Waals surface area (Å²) in [7, 11) is 1.60. The van der Waals surface area contributed by atoms with Gasteiger partial charge in [0.25, 0.3) is 5.91 Å². The number of amides is 1. The highest BCUT2D eigenvalue weighted by Gasteiger charge is 2.61. The predicted molar refractivity (Wildman–Crippen MR) is 125 cm³/mol. The minimum absolute atomic E-state index is 0.199. The van der Waals surface area contributed by atoms with Crippen molar-refractivity contribution in [1.29, 1.82) is 0 Å². The fourth-order valence-electron chi connectivity index (χ4n) is 4.68. The Morgan fingerprint density at radius 2 is 2.03 bits per heavy atom. The van der Waals surface area contributed by atoms with Crippen LogP contribution in [0.2, 0.25) is 5.02 Å². The number of anilines is 1. The van der Waals surface area contributed by atoms with Gasteiger partial charge in [-0.25, -0.2) is 5.01 Å². The number of halogens is 2. The van der Waals surface area contributed by atoms with Crippen LogP contribution in [0.5, 0.6) is 11.5 Å². The van der Waals surface area contributed by atoms with Gasteiger partial charge in [0.1, 0.15) is 0 Å². The van der Waals surface area contributed by atoms with Gasteiger partial charge in [0.15, 0.2) is 11.5 Å². The summed E-state index contributed by atoms with van der Waals surface area (Å²) in [6.07, 6.45) is 0.615. The zero-order valence-electron chi connectivity index (χ0n) is 16.9. The van der Waals surface area contributed by atoms with Gasteiger partial charge in [0, 0.05) is 21.5 Å². The lowest BCUT2D eigenvalue weighted by atomic mass is 9.92. The molecule has 6 nitrogen and oxygen atoms in total. The van der Waals surface area contributed by atoms with Gasteiger partial charge < -0.3 is 14.8 Å². The van der Waals surface area contributed by atoms with Crippen LogP contribution >= 0.6 is 27.5 Å². The Balaban J connectivity index is 1.59. The van der Waals surface area contributed by atoms with Crippen molar-refractivity contribution in [2.45, 2.75) is 18.2 Å². The molecular weight excluding hydrogens is 494 g/mol. The molecule has 0 aliphatic carbocycles. The first kappa shape index (κ1) is 19.6. The zero-order chi connectivity index (χ0) is 22.0. The summed E-state index contributed by atoms with van der Waals surface area (Å²) in [5, 5.41) is 10.4. The second-order valence-electron chi connectivity index (χ2n) is 7.89. The summed E-state index contributed by atoms with van der Waals surface area (Å²) in [4.78, 5) is 13.5. The number of nitrogens with one attached hydrogen (secondary N) is 1. The van der Waals surface area contributed by atoms with Crippen molar-refractivity contribution in [2.75, 3.05) is 12.4 Å². The Labute approximate surface area is 197 Å². The van der Waals surface area contributed by atoms with Crippen molar-refractivity contribution >= 4 is 44.8 Å². The first-order chi connectivity index (χ1) is 15.5. The first-order valence-corrected chi connectivity index (χ1v) is 11.3. The van der Waals surface area contributed by atoms with E-state index in [2.05, 4.69) is 21.2 Å². The third-order valence-electron chi connectivity index (χ3n) is 6.15. The standard InChI is InChI=1S/C24H17BrClN3O3/c1-31-21-4-2-3-16-20-12-19(13-5-8-15(26)9-6-13)28-29(20)24(32-22(16)21)17-11-14(25)7-10-18(17)27-23(24)30/h2-11,20H,12H2,1H3,(H,27,30)/t20-,24+/m1/s1. The van der Waals surface area contributed by atoms with E-state index in [0.29, 0.717) is 34.2 Å². The minimum Gasteiger partial charge on any atom is -0.493 e. The molecule has 0 saturated carbocycles. The Hall–Kier alpha value is -3.03. The molecule has 32 heavy (non-hydrogen) atoms. The van der Waals surface area contributed by atoms with Gasteiger partial charge in [-0.05, 0) is 42.0 Å². The summed E-state index contributed by atoms with van der Waals surface area (Å²) in [5.41, 5.74) is 2.71.